The summed E-state index contributed by atoms with van der Waals surface area (Å²) in [4.78, 5) is 2.26. The minimum absolute atomic E-state index is 0.145. The van der Waals surface area contributed by atoms with Gasteiger partial charge < -0.3 is 5.32 Å². The standard InChI is InChI=1S/C16H18FNS/c1-3-18-12(2)15-11-13(17)9-10-16(15)19-14-7-5-4-6-8-14/h4-12,18H,3H2,1-2H3. The zero-order valence-corrected chi connectivity index (χ0v) is 12.0. The van der Waals surface area contributed by atoms with Crippen LogP contribution in [-0.2, 0) is 0 Å². The lowest BCUT2D eigenvalue weighted by Crippen LogP contribution is -2.18. The summed E-state index contributed by atoms with van der Waals surface area (Å²) >= 11 is 1.67. The Morgan fingerprint density at radius 1 is 1.16 bits per heavy atom. The molecule has 100 valence electrons. The molecule has 0 aromatic heterocycles. The molecule has 1 nitrogen and oxygen atoms in total. The summed E-state index contributed by atoms with van der Waals surface area (Å²) in [5, 5.41) is 3.34. The second kappa shape index (κ2) is 6.73. The fourth-order valence-corrected chi connectivity index (χ4v) is 3.02. The highest BCUT2D eigenvalue weighted by Gasteiger charge is 2.12. The van der Waals surface area contributed by atoms with Crippen molar-refractivity contribution in [1.29, 1.82) is 0 Å². The number of hydrogen-bond acceptors (Lipinski definition) is 2. The number of nitrogens with one attached hydrogen (secondary N) is 1. The molecule has 0 spiro atoms. The van der Waals surface area contributed by atoms with E-state index in [-0.39, 0.29) is 11.9 Å². The summed E-state index contributed by atoms with van der Waals surface area (Å²) in [6.07, 6.45) is 0. The summed E-state index contributed by atoms with van der Waals surface area (Å²) < 4.78 is 13.4. The Hall–Kier alpha value is -1.32. The van der Waals surface area contributed by atoms with Gasteiger partial charge in [0.2, 0.25) is 0 Å². The third-order valence-corrected chi connectivity index (χ3v) is 4.02. The third kappa shape index (κ3) is 3.82. The summed E-state index contributed by atoms with van der Waals surface area (Å²) in [5.74, 6) is -0.183. The molecule has 2 aromatic carbocycles. The van der Waals surface area contributed by atoms with Gasteiger partial charge in [0.05, 0.1) is 0 Å². The molecule has 3 heteroatoms. The molecule has 0 fully saturated rings. The first kappa shape index (κ1) is 14.1. The van der Waals surface area contributed by atoms with Crippen molar-refractivity contribution in [2.45, 2.75) is 29.7 Å². The average Bonchev–Trinajstić information content (AvgIpc) is 2.42. The molecule has 19 heavy (non-hydrogen) atoms. The van der Waals surface area contributed by atoms with Crippen molar-refractivity contribution in [3.05, 3.63) is 59.9 Å². The van der Waals surface area contributed by atoms with Crippen LogP contribution in [0.2, 0.25) is 0 Å². The molecular formula is C16H18FNS. The maximum atomic E-state index is 13.4. The van der Waals surface area contributed by atoms with Crippen LogP contribution >= 0.6 is 11.8 Å². The summed E-state index contributed by atoms with van der Waals surface area (Å²) in [6, 6.07) is 15.3. The molecule has 0 amide bonds. The van der Waals surface area contributed by atoms with E-state index >= 15 is 0 Å². The van der Waals surface area contributed by atoms with Crippen molar-refractivity contribution in [3.8, 4) is 0 Å². The average molecular weight is 275 g/mol. The maximum absolute atomic E-state index is 13.4. The van der Waals surface area contributed by atoms with Crippen LogP contribution in [0.3, 0.4) is 0 Å². The van der Waals surface area contributed by atoms with Gasteiger partial charge in [0.1, 0.15) is 5.82 Å². The Labute approximate surface area is 118 Å². The molecule has 2 rings (SSSR count). The van der Waals surface area contributed by atoms with Crippen molar-refractivity contribution < 1.29 is 4.39 Å². The molecule has 1 unspecified atom stereocenters. The summed E-state index contributed by atoms with van der Waals surface area (Å²) in [5.41, 5.74) is 1.01. The Balaban J connectivity index is 2.29. The van der Waals surface area contributed by atoms with E-state index in [1.807, 2.05) is 24.3 Å². The second-order valence-corrected chi connectivity index (χ2v) is 5.49. The lowest BCUT2D eigenvalue weighted by Gasteiger charge is -2.17. The van der Waals surface area contributed by atoms with Crippen molar-refractivity contribution >= 4 is 11.8 Å². The highest BCUT2D eigenvalue weighted by molar-refractivity contribution is 7.99. The number of halogens is 1. The summed E-state index contributed by atoms with van der Waals surface area (Å²) in [6.45, 7) is 4.99. The first-order valence-electron chi connectivity index (χ1n) is 6.46. The van der Waals surface area contributed by atoms with Crippen molar-refractivity contribution in [2.24, 2.45) is 0 Å². The van der Waals surface area contributed by atoms with Gasteiger partial charge in [0.15, 0.2) is 0 Å². The minimum atomic E-state index is -0.183. The fourth-order valence-electron chi connectivity index (χ4n) is 1.98. The minimum Gasteiger partial charge on any atom is -0.310 e. The molecule has 0 radical (unpaired) electrons. The molecule has 0 bridgehead atoms. The van der Waals surface area contributed by atoms with Crippen LogP contribution in [0.15, 0.2) is 58.3 Å². The molecule has 0 saturated heterocycles. The summed E-state index contributed by atoms with van der Waals surface area (Å²) in [7, 11) is 0. The predicted molar refractivity (Wildman–Crippen MR) is 79.1 cm³/mol. The monoisotopic (exact) mass is 275 g/mol. The van der Waals surface area contributed by atoms with E-state index in [9.17, 15) is 4.39 Å². The molecule has 0 aliphatic heterocycles. The normalized spacial score (nSPS) is 12.4. The number of rotatable bonds is 5. The van der Waals surface area contributed by atoms with E-state index in [1.54, 1.807) is 17.8 Å². The Morgan fingerprint density at radius 2 is 1.89 bits per heavy atom. The first-order valence-corrected chi connectivity index (χ1v) is 7.28. The van der Waals surface area contributed by atoms with Gasteiger partial charge in [-0.25, -0.2) is 4.39 Å². The van der Waals surface area contributed by atoms with E-state index in [1.165, 1.54) is 11.0 Å². The van der Waals surface area contributed by atoms with Crippen molar-refractivity contribution in [1.82, 2.24) is 5.32 Å². The van der Waals surface area contributed by atoms with Crippen LogP contribution in [0.5, 0.6) is 0 Å². The van der Waals surface area contributed by atoms with Gasteiger partial charge in [-0.1, -0.05) is 36.9 Å². The lowest BCUT2D eigenvalue weighted by atomic mass is 10.1. The molecule has 2 aromatic rings. The van der Waals surface area contributed by atoms with Crippen molar-refractivity contribution in [2.75, 3.05) is 6.54 Å². The van der Waals surface area contributed by atoms with Gasteiger partial charge in [-0.05, 0) is 49.4 Å². The molecule has 1 N–H and O–H groups in total. The molecule has 0 aliphatic carbocycles. The third-order valence-electron chi connectivity index (χ3n) is 2.92. The predicted octanol–water partition coefficient (Wildman–Crippen LogP) is 4.65. The largest absolute Gasteiger partial charge is 0.310 e. The van der Waals surface area contributed by atoms with Gasteiger partial charge in [0.25, 0.3) is 0 Å². The lowest BCUT2D eigenvalue weighted by molar-refractivity contribution is 0.574. The highest BCUT2D eigenvalue weighted by atomic mass is 32.2. The topological polar surface area (TPSA) is 12.0 Å². The van der Waals surface area contributed by atoms with Gasteiger partial charge in [-0.2, -0.15) is 0 Å². The SMILES string of the molecule is CCNC(C)c1cc(F)ccc1Sc1ccccc1. The fraction of sp³-hybridized carbons (Fsp3) is 0.250. The smallest absolute Gasteiger partial charge is 0.123 e. The van der Waals surface area contributed by atoms with Gasteiger partial charge >= 0.3 is 0 Å². The second-order valence-electron chi connectivity index (χ2n) is 4.38. The zero-order chi connectivity index (χ0) is 13.7. The first-order chi connectivity index (χ1) is 9.20. The van der Waals surface area contributed by atoms with Crippen LogP contribution in [0.4, 0.5) is 4.39 Å². The van der Waals surface area contributed by atoms with Crippen molar-refractivity contribution in [3.63, 3.8) is 0 Å². The number of benzene rings is 2. The highest BCUT2D eigenvalue weighted by Crippen LogP contribution is 2.33. The van der Waals surface area contributed by atoms with Gasteiger partial charge in [-0.15, -0.1) is 0 Å². The van der Waals surface area contributed by atoms with E-state index < -0.39 is 0 Å². The van der Waals surface area contributed by atoms with E-state index in [0.717, 1.165) is 17.0 Å². The molecule has 0 aliphatic rings. The van der Waals surface area contributed by atoms with Crippen LogP contribution in [-0.4, -0.2) is 6.54 Å². The van der Waals surface area contributed by atoms with Gasteiger partial charge in [0, 0.05) is 15.8 Å². The van der Waals surface area contributed by atoms with Crippen LogP contribution in [0.1, 0.15) is 25.5 Å². The van der Waals surface area contributed by atoms with E-state index in [2.05, 4.69) is 31.3 Å². The zero-order valence-electron chi connectivity index (χ0n) is 11.2. The molecule has 1 atom stereocenters. The quantitative estimate of drug-likeness (QED) is 0.852. The Bertz CT molecular complexity index is 528. The molecule has 0 heterocycles. The Morgan fingerprint density at radius 3 is 2.58 bits per heavy atom. The molecule has 0 saturated carbocycles. The Kier molecular flexibility index (Phi) is 5.00. The van der Waals surface area contributed by atoms with E-state index in [0.29, 0.717) is 0 Å². The maximum Gasteiger partial charge on any atom is 0.123 e. The van der Waals surface area contributed by atoms with Crippen LogP contribution in [0.25, 0.3) is 0 Å². The van der Waals surface area contributed by atoms with Crippen LogP contribution < -0.4 is 5.32 Å². The van der Waals surface area contributed by atoms with Crippen LogP contribution in [0, 0.1) is 5.82 Å². The van der Waals surface area contributed by atoms with Gasteiger partial charge in [-0.3, -0.25) is 0 Å². The molecular weight excluding hydrogens is 257 g/mol. The van der Waals surface area contributed by atoms with E-state index in [4.69, 9.17) is 0 Å². The number of hydrogen-bond donors (Lipinski definition) is 1.